The van der Waals surface area contributed by atoms with Gasteiger partial charge in [-0.1, -0.05) is 13.8 Å². The number of carbonyl (C=O) groups excluding carboxylic acids is 1. The lowest BCUT2D eigenvalue weighted by molar-refractivity contribution is -0.125. The molecular weight excluding hydrogens is 202 g/mol. The number of nitriles is 1. The molecule has 0 aromatic rings. The van der Waals surface area contributed by atoms with Crippen molar-refractivity contribution in [3.63, 3.8) is 0 Å². The van der Waals surface area contributed by atoms with Crippen LogP contribution in [0.25, 0.3) is 0 Å². The maximum absolute atomic E-state index is 11.8. The van der Waals surface area contributed by atoms with Gasteiger partial charge < -0.3 is 10.6 Å². The summed E-state index contributed by atoms with van der Waals surface area (Å²) in [6.45, 7) is 5.51. The maximum Gasteiger partial charge on any atom is 0.224 e. The average Bonchev–Trinajstić information content (AvgIpc) is 2.72. The molecule has 1 fully saturated rings. The van der Waals surface area contributed by atoms with E-state index in [1.165, 1.54) is 0 Å². The number of nitrogens with zero attached hydrogens (tertiary/aromatic N) is 1. The van der Waals surface area contributed by atoms with Crippen LogP contribution in [-0.2, 0) is 4.79 Å². The average molecular weight is 223 g/mol. The van der Waals surface area contributed by atoms with Crippen LogP contribution in [0.3, 0.4) is 0 Å². The van der Waals surface area contributed by atoms with E-state index in [0.29, 0.717) is 6.54 Å². The first-order valence-electron chi connectivity index (χ1n) is 6.09. The SMILES string of the molecule is CCNCC(C)C(=O)NC1CCCC1C#N. The molecule has 4 heteroatoms. The Morgan fingerprint density at radius 2 is 2.31 bits per heavy atom. The second-order valence-electron chi connectivity index (χ2n) is 4.49. The fourth-order valence-electron chi connectivity index (χ4n) is 2.07. The van der Waals surface area contributed by atoms with E-state index in [1.807, 2.05) is 13.8 Å². The highest BCUT2D eigenvalue weighted by atomic mass is 16.1. The number of amides is 1. The van der Waals surface area contributed by atoms with Gasteiger partial charge >= 0.3 is 0 Å². The first-order valence-corrected chi connectivity index (χ1v) is 6.09. The van der Waals surface area contributed by atoms with Gasteiger partial charge in [-0.2, -0.15) is 5.26 Å². The zero-order chi connectivity index (χ0) is 12.0. The predicted molar refractivity (Wildman–Crippen MR) is 62.6 cm³/mol. The van der Waals surface area contributed by atoms with Crippen molar-refractivity contribution in [1.82, 2.24) is 10.6 Å². The van der Waals surface area contributed by atoms with Crippen molar-refractivity contribution in [3.8, 4) is 6.07 Å². The molecule has 0 saturated heterocycles. The molecule has 0 aliphatic heterocycles. The second kappa shape index (κ2) is 6.49. The van der Waals surface area contributed by atoms with Gasteiger partial charge in [0.05, 0.1) is 12.0 Å². The Morgan fingerprint density at radius 3 is 2.94 bits per heavy atom. The second-order valence-corrected chi connectivity index (χ2v) is 4.49. The first kappa shape index (κ1) is 13.0. The summed E-state index contributed by atoms with van der Waals surface area (Å²) in [6, 6.07) is 2.34. The zero-order valence-corrected chi connectivity index (χ0v) is 10.1. The van der Waals surface area contributed by atoms with Crippen molar-refractivity contribution < 1.29 is 4.79 Å². The van der Waals surface area contributed by atoms with Crippen LogP contribution in [0.5, 0.6) is 0 Å². The van der Waals surface area contributed by atoms with Crippen LogP contribution in [0, 0.1) is 23.2 Å². The van der Waals surface area contributed by atoms with Gasteiger partial charge in [-0.25, -0.2) is 0 Å². The molecule has 0 radical (unpaired) electrons. The number of hydrogen-bond donors (Lipinski definition) is 2. The van der Waals surface area contributed by atoms with Crippen molar-refractivity contribution in [1.29, 1.82) is 5.26 Å². The molecule has 16 heavy (non-hydrogen) atoms. The van der Waals surface area contributed by atoms with Gasteiger partial charge in [0.25, 0.3) is 0 Å². The van der Waals surface area contributed by atoms with Crippen LogP contribution in [0.2, 0.25) is 0 Å². The fourth-order valence-corrected chi connectivity index (χ4v) is 2.07. The lowest BCUT2D eigenvalue weighted by Gasteiger charge is -2.19. The number of carbonyl (C=O) groups is 1. The Bertz CT molecular complexity index is 272. The van der Waals surface area contributed by atoms with Crippen LogP contribution in [0.1, 0.15) is 33.1 Å². The third-order valence-electron chi connectivity index (χ3n) is 3.16. The molecular formula is C12H21N3O. The van der Waals surface area contributed by atoms with E-state index >= 15 is 0 Å². The van der Waals surface area contributed by atoms with Crippen molar-refractivity contribution in [2.75, 3.05) is 13.1 Å². The summed E-state index contributed by atoms with van der Waals surface area (Å²) < 4.78 is 0. The standard InChI is InChI=1S/C12H21N3O/c1-3-14-8-9(2)12(16)15-11-6-4-5-10(11)7-13/h9-11,14H,3-6,8H2,1-2H3,(H,15,16). The maximum atomic E-state index is 11.8. The molecule has 1 aliphatic rings. The molecule has 3 unspecified atom stereocenters. The third-order valence-corrected chi connectivity index (χ3v) is 3.16. The largest absolute Gasteiger partial charge is 0.352 e. The van der Waals surface area contributed by atoms with Crippen LogP contribution < -0.4 is 10.6 Å². The minimum absolute atomic E-state index is 0.00952. The normalized spacial score (nSPS) is 26.1. The molecule has 1 rings (SSSR count). The summed E-state index contributed by atoms with van der Waals surface area (Å²) in [4.78, 5) is 11.8. The molecule has 0 heterocycles. The summed E-state index contributed by atoms with van der Waals surface area (Å²) in [5.41, 5.74) is 0. The van der Waals surface area contributed by atoms with Crippen molar-refractivity contribution in [3.05, 3.63) is 0 Å². The highest BCUT2D eigenvalue weighted by Gasteiger charge is 2.29. The van der Waals surface area contributed by atoms with Gasteiger partial charge in [0.2, 0.25) is 5.91 Å². The lowest BCUT2D eigenvalue weighted by atomic mass is 10.0. The highest BCUT2D eigenvalue weighted by molar-refractivity contribution is 5.78. The van der Waals surface area contributed by atoms with E-state index in [9.17, 15) is 4.79 Å². The molecule has 0 bridgehead atoms. The van der Waals surface area contributed by atoms with Crippen LogP contribution in [-0.4, -0.2) is 25.0 Å². The van der Waals surface area contributed by atoms with Gasteiger partial charge in [-0.3, -0.25) is 4.79 Å². The molecule has 2 N–H and O–H groups in total. The molecule has 1 amide bonds. The molecule has 3 atom stereocenters. The summed E-state index contributed by atoms with van der Waals surface area (Å²) in [7, 11) is 0. The Morgan fingerprint density at radius 1 is 1.56 bits per heavy atom. The summed E-state index contributed by atoms with van der Waals surface area (Å²) in [5, 5.41) is 15.1. The minimum Gasteiger partial charge on any atom is -0.352 e. The van der Waals surface area contributed by atoms with E-state index in [-0.39, 0.29) is 23.8 Å². The lowest BCUT2D eigenvalue weighted by Crippen LogP contribution is -2.42. The smallest absolute Gasteiger partial charge is 0.224 e. The fraction of sp³-hybridized carbons (Fsp3) is 0.833. The van der Waals surface area contributed by atoms with Crippen molar-refractivity contribution >= 4 is 5.91 Å². The van der Waals surface area contributed by atoms with Gasteiger partial charge in [-0.15, -0.1) is 0 Å². The van der Waals surface area contributed by atoms with E-state index in [2.05, 4.69) is 16.7 Å². The summed E-state index contributed by atoms with van der Waals surface area (Å²) in [5.74, 6) is 0.0447. The quantitative estimate of drug-likeness (QED) is 0.732. The Balaban J connectivity index is 2.36. The highest BCUT2D eigenvalue weighted by Crippen LogP contribution is 2.24. The van der Waals surface area contributed by atoms with Gasteiger partial charge in [0.1, 0.15) is 0 Å². The Kier molecular flexibility index (Phi) is 5.27. The number of nitrogens with one attached hydrogen (secondary N) is 2. The van der Waals surface area contributed by atoms with Crippen LogP contribution >= 0.6 is 0 Å². The molecule has 1 saturated carbocycles. The first-order chi connectivity index (χ1) is 7.69. The van der Waals surface area contributed by atoms with Crippen molar-refractivity contribution in [2.24, 2.45) is 11.8 Å². The number of hydrogen-bond acceptors (Lipinski definition) is 3. The topological polar surface area (TPSA) is 64.9 Å². The Labute approximate surface area is 97.4 Å². The van der Waals surface area contributed by atoms with E-state index in [0.717, 1.165) is 25.8 Å². The van der Waals surface area contributed by atoms with Crippen molar-refractivity contribution in [2.45, 2.75) is 39.2 Å². The Hall–Kier alpha value is -1.08. The van der Waals surface area contributed by atoms with E-state index < -0.39 is 0 Å². The van der Waals surface area contributed by atoms with Gasteiger partial charge in [0, 0.05) is 18.5 Å². The predicted octanol–water partition coefficient (Wildman–Crippen LogP) is 1.04. The molecule has 0 aromatic carbocycles. The monoisotopic (exact) mass is 223 g/mol. The zero-order valence-electron chi connectivity index (χ0n) is 10.1. The van der Waals surface area contributed by atoms with E-state index in [4.69, 9.17) is 5.26 Å². The van der Waals surface area contributed by atoms with Gasteiger partial charge in [0.15, 0.2) is 0 Å². The summed E-state index contributed by atoms with van der Waals surface area (Å²) in [6.07, 6.45) is 2.91. The minimum atomic E-state index is -0.0279. The van der Waals surface area contributed by atoms with Crippen LogP contribution in [0.15, 0.2) is 0 Å². The molecule has 0 aromatic heterocycles. The molecule has 4 nitrogen and oxygen atoms in total. The van der Waals surface area contributed by atoms with E-state index in [1.54, 1.807) is 0 Å². The molecule has 1 aliphatic carbocycles. The third kappa shape index (κ3) is 3.49. The summed E-state index contributed by atoms with van der Waals surface area (Å²) >= 11 is 0. The van der Waals surface area contributed by atoms with Crippen LogP contribution in [0.4, 0.5) is 0 Å². The molecule has 90 valence electrons. The number of rotatable bonds is 5. The van der Waals surface area contributed by atoms with Gasteiger partial charge in [-0.05, 0) is 25.8 Å². The molecule has 0 spiro atoms.